The lowest BCUT2D eigenvalue weighted by molar-refractivity contribution is -0.150. The standard InChI is InChI=1S/C16H25N3O/c1-13(2)15(20)19-11-16(12-19)5-8-18(9-6-16)10-14-4-3-7-17-14/h3-4,7,13,17H,5-6,8-12H2,1-2H3. The Balaban J connectivity index is 1.47. The molecule has 2 aliphatic heterocycles. The molecule has 0 radical (unpaired) electrons. The number of hydrogen-bond acceptors (Lipinski definition) is 2. The highest BCUT2D eigenvalue weighted by Gasteiger charge is 2.46. The minimum Gasteiger partial charge on any atom is -0.364 e. The molecular weight excluding hydrogens is 250 g/mol. The van der Waals surface area contributed by atoms with Gasteiger partial charge in [-0.1, -0.05) is 13.8 Å². The molecule has 1 aromatic heterocycles. The van der Waals surface area contributed by atoms with Crippen LogP contribution in [0.4, 0.5) is 0 Å². The molecule has 0 aliphatic carbocycles. The summed E-state index contributed by atoms with van der Waals surface area (Å²) in [6, 6.07) is 4.21. The molecule has 4 heteroatoms. The van der Waals surface area contributed by atoms with E-state index >= 15 is 0 Å². The third-order valence-corrected chi connectivity index (χ3v) is 4.83. The monoisotopic (exact) mass is 275 g/mol. The summed E-state index contributed by atoms with van der Waals surface area (Å²) >= 11 is 0. The van der Waals surface area contributed by atoms with Gasteiger partial charge in [-0.25, -0.2) is 0 Å². The van der Waals surface area contributed by atoms with Crippen molar-refractivity contribution in [3.8, 4) is 0 Å². The summed E-state index contributed by atoms with van der Waals surface area (Å²) < 4.78 is 0. The van der Waals surface area contributed by atoms with Gasteiger partial charge in [0.1, 0.15) is 0 Å². The topological polar surface area (TPSA) is 39.3 Å². The first kappa shape index (κ1) is 13.7. The van der Waals surface area contributed by atoms with Crippen molar-refractivity contribution in [2.24, 2.45) is 11.3 Å². The Morgan fingerprint density at radius 1 is 1.35 bits per heavy atom. The summed E-state index contributed by atoms with van der Waals surface area (Å²) in [7, 11) is 0. The van der Waals surface area contributed by atoms with Gasteiger partial charge >= 0.3 is 0 Å². The van der Waals surface area contributed by atoms with E-state index in [0.717, 1.165) is 32.7 Å². The predicted molar refractivity (Wildman–Crippen MR) is 79.2 cm³/mol. The van der Waals surface area contributed by atoms with Gasteiger partial charge in [-0.15, -0.1) is 0 Å². The van der Waals surface area contributed by atoms with Crippen LogP contribution in [-0.2, 0) is 11.3 Å². The SMILES string of the molecule is CC(C)C(=O)N1CC2(CCN(Cc3ccc[nH]3)CC2)C1. The Bertz CT molecular complexity index is 450. The number of carbonyl (C=O) groups excluding carboxylic acids is 1. The first-order valence-electron chi connectivity index (χ1n) is 7.71. The quantitative estimate of drug-likeness (QED) is 0.917. The lowest BCUT2D eigenvalue weighted by Crippen LogP contribution is -2.62. The van der Waals surface area contributed by atoms with Gasteiger partial charge in [0.2, 0.25) is 5.91 Å². The van der Waals surface area contributed by atoms with Crippen molar-refractivity contribution in [3.05, 3.63) is 24.0 Å². The average Bonchev–Trinajstić information content (AvgIpc) is 2.89. The Hall–Kier alpha value is -1.29. The van der Waals surface area contributed by atoms with Gasteiger partial charge in [-0.3, -0.25) is 9.69 Å². The van der Waals surface area contributed by atoms with Crippen molar-refractivity contribution < 1.29 is 4.79 Å². The highest BCUT2D eigenvalue weighted by atomic mass is 16.2. The summed E-state index contributed by atoms with van der Waals surface area (Å²) in [5, 5.41) is 0. The molecule has 0 atom stereocenters. The molecular formula is C16H25N3O. The van der Waals surface area contributed by atoms with E-state index in [4.69, 9.17) is 0 Å². The molecule has 0 aromatic carbocycles. The molecule has 20 heavy (non-hydrogen) atoms. The second kappa shape index (κ2) is 5.24. The second-order valence-corrected chi connectivity index (χ2v) is 6.82. The van der Waals surface area contributed by atoms with E-state index in [1.807, 2.05) is 24.9 Å². The number of piperidine rings is 1. The molecule has 4 nitrogen and oxygen atoms in total. The fraction of sp³-hybridized carbons (Fsp3) is 0.688. The van der Waals surface area contributed by atoms with E-state index in [1.54, 1.807) is 0 Å². The van der Waals surface area contributed by atoms with Crippen molar-refractivity contribution >= 4 is 5.91 Å². The van der Waals surface area contributed by atoms with E-state index in [9.17, 15) is 4.79 Å². The van der Waals surface area contributed by atoms with E-state index in [1.165, 1.54) is 18.5 Å². The van der Waals surface area contributed by atoms with E-state index in [0.29, 0.717) is 11.3 Å². The number of carbonyl (C=O) groups is 1. The van der Waals surface area contributed by atoms with Crippen molar-refractivity contribution in [1.29, 1.82) is 0 Å². The van der Waals surface area contributed by atoms with Gasteiger partial charge in [0.15, 0.2) is 0 Å². The first-order chi connectivity index (χ1) is 9.58. The second-order valence-electron chi connectivity index (χ2n) is 6.82. The zero-order chi connectivity index (χ0) is 14.2. The summed E-state index contributed by atoms with van der Waals surface area (Å²) in [6.45, 7) is 9.29. The largest absolute Gasteiger partial charge is 0.364 e. The van der Waals surface area contributed by atoms with Crippen LogP contribution in [0.15, 0.2) is 18.3 Å². The molecule has 0 unspecified atom stereocenters. The van der Waals surface area contributed by atoms with Crippen LogP contribution in [0.1, 0.15) is 32.4 Å². The van der Waals surface area contributed by atoms with E-state index in [2.05, 4.69) is 22.0 Å². The lowest BCUT2D eigenvalue weighted by Gasteiger charge is -2.54. The van der Waals surface area contributed by atoms with Gasteiger partial charge in [0, 0.05) is 42.9 Å². The summed E-state index contributed by atoms with van der Waals surface area (Å²) in [5.74, 6) is 0.463. The van der Waals surface area contributed by atoms with Gasteiger partial charge in [0.25, 0.3) is 0 Å². The average molecular weight is 275 g/mol. The first-order valence-corrected chi connectivity index (χ1v) is 7.71. The number of rotatable bonds is 3. The molecule has 110 valence electrons. The molecule has 1 N–H and O–H groups in total. The van der Waals surface area contributed by atoms with Crippen LogP contribution in [0.25, 0.3) is 0 Å². The maximum Gasteiger partial charge on any atom is 0.225 e. The van der Waals surface area contributed by atoms with Crippen molar-refractivity contribution in [3.63, 3.8) is 0 Å². The van der Waals surface area contributed by atoms with Crippen LogP contribution in [0.3, 0.4) is 0 Å². The van der Waals surface area contributed by atoms with Crippen LogP contribution >= 0.6 is 0 Å². The van der Waals surface area contributed by atoms with Crippen LogP contribution in [0.2, 0.25) is 0 Å². The highest BCUT2D eigenvalue weighted by molar-refractivity contribution is 5.79. The van der Waals surface area contributed by atoms with Crippen molar-refractivity contribution in [1.82, 2.24) is 14.8 Å². The third kappa shape index (κ3) is 2.62. The molecule has 1 amide bonds. The smallest absolute Gasteiger partial charge is 0.225 e. The molecule has 2 aliphatic rings. The highest BCUT2D eigenvalue weighted by Crippen LogP contribution is 2.41. The predicted octanol–water partition coefficient (Wildman–Crippen LogP) is 2.10. The number of nitrogens with zero attached hydrogens (tertiary/aromatic N) is 2. The minimum atomic E-state index is 0.139. The summed E-state index contributed by atoms with van der Waals surface area (Å²) in [4.78, 5) is 19.8. The Morgan fingerprint density at radius 2 is 2.05 bits per heavy atom. The number of amides is 1. The zero-order valence-corrected chi connectivity index (χ0v) is 12.6. The zero-order valence-electron chi connectivity index (χ0n) is 12.6. The normalized spacial score (nSPS) is 22.2. The van der Waals surface area contributed by atoms with Gasteiger partial charge in [0.05, 0.1) is 0 Å². The molecule has 2 saturated heterocycles. The van der Waals surface area contributed by atoms with Gasteiger partial charge < -0.3 is 9.88 Å². The van der Waals surface area contributed by atoms with Gasteiger partial charge in [-0.05, 0) is 38.1 Å². The van der Waals surface area contributed by atoms with Crippen LogP contribution in [0, 0.1) is 11.3 Å². The van der Waals surface area contributed by atoms with Crippen LogP contribution in [0.5, 0.6) is 0 Å². The molecule has 1 aromatic rings. The fourth-order valence-electron chi connectivity index (χ4n) is 3.49. The number of hydrogen-bond donors (Lipinski definition) is 1. The molecule has 1 spiro atoms. The van der Waals surface area contributed by atoms with Crippen LogP contribution in [-0.4, -0.2) is 46.9 Å². The van der Waals surface area contributed by atoms with E-state index in [-0.39, 0.29) is 5.92 Å². The lowest BCUT2D eigenvalue weighted by atomic mass is 9.71. The molecule has 3 rings (SSSR count). The van der Waals surface area contributed by atoms with Crippen LogP contribution < -0.4 is 0 Å². The number of aromatic nitrogens is 1. The fourth-order valence-corrected chi connectivity index (χ4v) is 3.49. The Kier molecular flexibility index (Phi) is 3.59. The Morgan fingerprint density at radius 3 is 2.60 bits per heavy atom. The van der Waals surface area contributed by atoms with E-state index < -0.39 is 0 Å². The molecule has 2 fully saturated rings. The third-order valence-electron chi connectivity index (χ3n) is 4.83. The van der Waals surface area contributed by atoms with Gasteiger partial charge in [-0.2, -0.15) is 0 Å². The summed E-state index contributed by atoms with van der Waals surface area (Å²) in [6.07, 6.45) is 4.45. The number of likely N-dealkylation sites (tertiary alicyclic amines) is 2. The van der Waals surface area contributed by atoms with Crippen molar-refractivity contribution in [2.45, 2.75) is 33.2 Å². The maximum absolute atomic E-state index is 11.9. The Labute approximate surface area is 121 Å². The molecule has 3 heterocycles. The molecule has 0 bridgehead atoms. The summed E-state index contributed by atoms with van der Waals surface area (Å²) in [5.41, 5.74) is 1.72. The van der Waals surface area contributed by atoms with Crippen molar-refractivity contribution in [2.75, 3.05) is 26.2 Å². The maximum atomic E-state index is 11.9. The number of nitrogens with one attached hydrogen (secondary N) is 1. The number of H-pyrrole nitrogens is 1. The number of aromatic amines is 1. The molecule has 0 saturated carbocycles. The minimum absolute atomic E-state index is 0.139.